The second kappa shape index (κ2) is 7.46. The fraction of sp³-hybridized carbons (Fsp3) is 0.478. The molecule has 0 spiro atoms. The Hall–Kier alpha value is -2.56. The molecule has 0 amide bonds. The number of rotatable bonds is 4. The fourth-order valence-corrected chi connectivity index (χ4v) is 3.22. The average Bonchev–Trinajstić information content (AvgIpc) is 2.50. The van der Waals surface area contributed by atoms with Gasteiger partial charge in [-0.2, -0.15) is 0 Å². The molecule has 0 bridgehead atoms. The Kier molecular flexibility index (Phi) is 5.79. The van der Waals surface area contributed by atoms with Gasteiger partial charge in [0.1, 0.15) is 22.8 Å². The predicted octanol–water partition coefficient (Wildman–Crippen LogP) is 4.77. The SMILES string of the molecule is Cc1cc(O)c(C(=O)CCc2cc(C(C)(C)C)c(O)c(C(C)(C)C)c2)c(=O)o1. The summed E-state index contributed by atoms with van der Waals surface area (Å²) in [5, 5.41) is 20.7. The summed E-state index contributed by atoms with van der Waals surface area (Å²) in [5.41, 5.74) is 0.883. The van der Waals surface area contributed by atoms with Crippen LogP contribution in [0.1, 0.15) is 80.8 Å². The molecule has 0 atom stereocenters. The molecule has 0 saturated carbocycles. The third kappa shape index (κ3) is 4.64. The Morgan fingerprint density at radius 3 is 1.89 bits per heavy atom. The minimum atomic E-state index is -0.820. The molecule has 0 aliphatic heterocycles. The minimum Gasteiger partial charge on any atom is -0.507 e. The van der Waals surface area contributed by atoms with Crippen LogP contribution in [-0.2, 0) is 17.3 Å². The molecule has 1 aromatic heterocycles. The summed E-state index contributed by atoms with van der Waals surface area (Å²) in [6.07, 6.45) is 0.442. The van der Waals surface area contributed by atoms with Gasteiger partial charge in [0.05, 0.1) is 0 Å². The number of phenolic OH excluding ortho intramolecular Hbond substituents is 1. The first-order valence-electron chi connectivity index (χ1n) is 9.45. The predicted molar refractivity (Wildman–Crippen MR) is 110 cm³/mol. The van der Waals surface area contributed by atoms with Crippen molar-refractivity contribution in [3.8, 4) is 11.5 Å². The van der Waals surface area contributed by atoms with Crippen LogP contribution in [0.5, 0.6) is 11.5 Å². The molecule has 28 heavy (non-hydrogen) atoms. The Labute approximate surface area is 166 Å². The number of ketones is 1. The molecule has 1 heterocycles. The Morgan fingerprint density at radius 2 is 1.46 bits per heavy atom. The van der Waals surface area contributed by atoms with Crippen molar-refractivity contribution in [3.63, 3.8) is 0 Å². The molecule has 2 aromatic rings. The standard InChI is InChI=1S/C23H30O5/c1-13-10-18(25)19(21(27)28-13)17(24)9-8-14-11-15(22(2,3)4)20(26)16(12-14)23(5,6)7/h10-12,25-26H,8-9H2,1-7H3. The van der Waals surface area contributed by atoms with Crippen molar-refractivity contribution in [1.82, 2.24) is 0 Å². The Bertz CT molecular complexity index is 917. The van der Waals surface area contributed by atoms with Crippen molar-refractivity contribution in [1.29, 1.82) is 0 Å². The van der Waals surface area contributed by atoms with Gasteiger partial charge < -0.3 is 14.6 Å². The molecular formula is C23H30O5. The largest absolute Gasteiger partial charge is 0.507 e. The zero-order valence-electron chi connectivity index (χ0n) is 17.8. The van der Waals surface area contributed by atoms with Crippen LogP contribution in [0.15, 0.2) is 27.4 Å². The highest BCUT2D eigenvalue weighted by Gasteiger charge is 2.27. The maximum absolute atomic E-state index is 12.5. The summed E-state index contributed by atoms with van der Waals surface area (Å²) in [6.45, 7) is 13.7. The van der Waals surface area contributed by atoms with E-state index in [1.807, 2.05) is 53.7 Å². The quantitative estimate of drug-likeness (QED) is 0.739. The first-order valence-corrected chi connectivity index (χ1v) is 9.45. The highest BCUT2D eigenvalue weighted by Crippen LogP contribution is 2.40. The van der Waals surface area contributed by atoms with Gasteiger partial charge in [0.2, 0.25) is 0 Å². The van der Waals surface area contributed by atoms with Crippen molar-refractivity contribution in [3.05, 3.63) is 56.6 Å². The van der Waals surface area contributed by atoms with E-state index in [2.05, 4.69) is 0 Å². The summed E-state index contributed by atoms with van der Waals surface area (Å²) in [6, 6.07) is 5.09. The van der Waals surface area contributed by atoms with E-state index in [4.69, 9.17) is 4.42 Å². The lowest BCUT2D eigenvalue weighted by Gasteiger charge is -2.28. The average molecular weight is 386 g/mol. The number of aromatic hydroxyl groups is 2. The zero-order valence-corrected chi connectivity index (χ0v) is 17.8. The summed E-state index contributed by atoms with van der Waals surface area (Å²) in [5.74, 6) is -0.279. The molecule has 0 radical (unpaired) electrons. The number of phenols is 1. The van der Waals surface area contributed by atoms with Crippen molar-refractivity contribution in [2.24, 2.45) is 0 Å². The molecule has 0 aliphatic carbocycles. The number of aryl methyl sites for hydroxylation is 2. The number of carbonyl (C=O) groups is 1. The van der Waals surface area contributed by atoms with Gasteiger partial charge >= 0.3 is 5.63 Å². The number of hydrogen-bond donors (Lipinski definition) is 2. The van der Waals surface area contributed by atoms with E-state index in [1.54, 1.807) is 0 Å². The van der Waals surface area contributed by atoms with Gasteiger partial charge in [-0.1, -0.05) is 53.7 Å². The van der Waals surface area contributed by atoms with Crippen molar-refractivity contribution >= 4 is 5.78 Å². The highest BCUT2D eigenvalue weighted by atomic mass is 16.4. The second-order valence-corrected chi connectivity index (χ2v) is 9.37. The van der Waals surface area contributed by atoms with Crippen LogP contribution in [0.2, 0.25) is 0 Å². The molecule has 5 nitrogen and oxygen atoms in total. The van der Waals surface area contributed by atoms with Crippen LogP contribution >= 0.6 is 0 Å². The van der Waals surface area contributed by atoms with E-state index in [9.17, 15) is 19.8 Å². The van der Waals surface area contributed by atoms with Crippen LogP contribution in [0, 0.1) is 6.92 Å². The lowest BCUT2D eigenvalue weighted by molar-refractivity contribution is 0.0975. The molecule has 2 rings (SSSR count). The molecule has 0 saturated heterocycles. The molecular weight excluding hydrogens is 356 g/mol. The first kappa shape index (κ1) is 21.7. The normalized spacial score (nSPS) is 12.2. The molecule has 2 N–H and O–H groups in total. The maximum Gasteiger partial charge on any atom is 0.350 e. The highest BCUT2D eigenvalue weighted by molar-refractivity contribution is 5.98. The third-order valence-electron chi connectivity index (χ3n) is 4.76. The summed E-state index contributed by atoms with van der Waals surface area (Å²) >= 11 is 0. The summed E-state index contributed by atoms with van der Waals surface area (Å²) in [7, 11) is 0. The summed E-state index contributed by atoms with van der Waals surface area (Å²) < 4.78 is 4.94. The van der Waals surface area contributed by atoms with Crippen molar-refractivity contribution in [2.75, 3.05) is 0 Å². The Morgan fingerprint density at radius 1 is 0.964 bits per heavy atom. The number of Topliss-reactive ketones (excluding diaryl/α,β-unsaturated/α-hetero) is 1. The lowest BCUT2D eigenvalue weighted by Crippen LogP contribution is -2.18. The van der Waals surface area contributed by atoms with Crippen LogP contribution in [-0.4, -0.2) is 16.0 Å². The number of benzene rings is 1. The smallest absolute Gasteiger partial charge is 0.350 e. The van der Waals surface area contributed by atoms with Crippen LogP contribution < -0.4 is 5.63 Å². The van der Waals surface area contributed by atoms with Crippen molar-refractivity contribution in [2.45, 2.75) is 72.1 Å². The molecule has 5 heteroatoms. The molecule has 0 aliphatic rings. The van der Waals surface area contributed by atoms with E-state index in [0.717, 1.165) is 16.7 Å². The van der Waals surface area contributed by atoms with Gasteiger partial charge in [-0.15, -0.1) is 0 Å². The zero-order chi connectivity index (χ0) is 21.4. The van der Waals surface area contributed by atoms with Crippen molar-refractivity contribution < 1.29 is 19.4 Å². The number of carbonyl (C=O) groups excluding carboxylic acids is 1. The third-order valence-corrected chi connectivity index (χ3v) is 4.76. The van der Waals surface area contributed by atoms with Gasteiger partial charge in [0.25, 0.3) is 0 Å². The van der Waals surface area contributed by atoms with Gasteiger partial charge in [-0.25, -0.2) is 4.79 Å². The minimum absolute atomic E-state index is 0.0549. The molecule has 0 fully saturated rings. The van der Waals surface area contributed by atoms with Crippen LogP contribution in [0.4, 0.5) is 0 Å². The van der Waals surface area contributed by atoms with Gasteiger partial charge in [0.15, 0.2) is 5.78 Å². The first-order chi connectivity index (χ1) is 12.7. The van der Waals surface area contributed by atoms with E-state index >= 15 is 0 Å². The summed E-state index contributed by atoms with van der Waals surface area (Å²) in [4.78, 5) is 24.5. The number of hydrogen-bond acceptors (Lipinski definition) is 5. The van der Waals surface area contributed by atoms with Crippen LogP contribution in [0.25, 0.3) is 0 Å². The fourth-order valence-electron chi connectivity index (χ4n) is 3.22. The molecule has 1 aromatic carbocycles. The van der Waals surface area contributed by atoms with E-state index in [0.29, 0.717) is 6.42 Å². The van der Waals surface area contributed by atoms with E-state index in [1.165, 1.54) is 13.0 Å². The van der Waals surface area contributed by atoms with Crippen LogP contribution in [0.3, 0.4) is 0 Å². The van der Waals surface area contributed by atoms with Gasteiger partial charge in [-0.05, 0) is 40.9 Å². The van der Waals surface area contributed by atoms with Gasteiger partial charge in [-0.3, -0.25) is 4.79 Å². The molecule has 0 unspecified atom stereocenters. The topological polar surface area (TPSA) is 87.7 Å². The lowest BCUT2D eigenvalue weighted by atomic mass is 9.78. The molecule has 152 valence electrons. The second-order valence-electron chi connectivity index (χ2n) is 9.37. The monoisotopic (exact) mass is 386 g/mol. The van der Waals surface area contributed by atoms with E-state index < -0.39 is 11.4 Å². The van der Waals surface area contributed by atoms with Gasteiger partial charge in [0, 0.05) is 12.5 Å². The maximum atomic E-state index is 12.5. The Balaban J connectivity index is 2.39. The van der Waals surface area contributed by atoms with E-state index in [-0.39, 0.29) is 40.1 Å².